The van der Waals surface area contributed by atoms with Crippen LogP contribution in [-0.4, -0.2) is 27.0 Å². The van der Waals surface area contributed by atoms with Crippen molar-refractivity contribution in [2.75, 3.05) is 12.4 Å². The monoisotopic (exact) mass is 415 g/mol. The fraction of sp³-hybridized carbons (Fsp3) is 0.0370. The quantitative estimate of drug-likeness (QED) is 0.308. The van der Waals surface area contributed by atoms with E-state index in [1.165, 1.54) is 0 Å². The standard InChI is InChI=1S/C27H21N5/c1-28-18-4-2-17(3-5-18)26-15-25-14-23-9-8-21(30-23)12-19-6-7-20(29-19)13-22-10-11-24(31-22)16-27(26)32-25/h2-16,28-29,32H,1H3. The number of H-pyrrole nitrogens is 2. The number of nitrogens with one attached hydrogen (secondary N) is 3. The molecule has 2 aliphatic rings. The van der Waals surface area contributed by atoms with Crippen LogP contribution >= 0.6 is 0 Å². The van der Waals surface area contributed by atoms with Gasteiger partial charge in [-0.25, -0.2) is 9.97 Å². The number of benzene rings is 1. The number of hydrogen-bond donors (Lipinski definition) is 3. The molecule has 154 valence electrons. The molecule has 32 heavy (non-hydrogen) atoms. The van der Waals surface area contributed by atoms with E-state index in [2.05, 4.69) is 75.9 Å². The molecule has 3 aromatic heterocycles. The molecule has 4 aromatic rings. The molecule has 0 atom stereocenters. The molecule has 0 saturated carbocycles. The van der Waals surface area contributed by atoms with Crippen molar-refractivity contribution in [2.45, 2.75) is 0 Å². The molecule has 8 bridgehead atoms. The highest BCUT2D eigenvalue weighted by atomic mass is 14.8. The van der Waals surface area contributed by atoms with Gasteiger partial charge in [-0.15, -0.1) is 0 Å². The summed E-state index contributed by atoms with van der Waals surface area (Å²) < 4.78 is 0. The molecular weight excluding hydrogens is 394 g/mol. The summed E-state index contributed by atoms with van der Waals surface area (Å²) in [6, 6.07) is 23.0. The molecule has 0 spiro atoms. The molecule has 5 heterocycles. The maximum atomic E-state index is 4.79. The number of aromatic amines is 2. The highest BCUT2D eigenvalue weighted by Crippen LogP contribution is 2.28. The van der Waals surface area contributed by atoms with Gasteiger partial charge in [0.05, 0.1) is 22.8 Å². The third kappa shape index (κ3) is 3.50. The first kappa shape index (κ1) is 18.4. The first-order valence-corrected chi connectivity index (χ1v) is 10.6. The first-order valence-electron chi connectivity index (χ1n) is 10.6. The molecular formula is C27H21N5. The van der Waals surface area contributed by atoms with E-state index in [0.717, 1.165) is 61.7 Å². The topological polar surface area (TPSA) is 69.4 Å². The number of hydrogen-bond acceptors (Lipinski definition) is 3. The maximum absolute atomic E-state index is 4.79. The lowest BCUT2D eigenvalue weighted by Crippen LogP contribution is -1.86. The SMILES string of the molecule is CNc1ccc(-c2cc3cc4nc(cc5ccc(cc6nc(cc2[nH]3)C=C6)[nH]5)C=C4)cc1. The Morgan fingerprint density at radius 3 is 1.75 bits per heavy atom. The average molecular weight is 416 g/mol. The van der Waals surface area contributed by atoms with E-state index in [1.54, 1.807) is 0 Å². The van der Waals surface area contributed by atoms with E-state index in [0.29, 0.717) is 0 Å². The average Bonchev–Trinajstić information content (AvgIpc) is 3.59. The van der Waals surface area contributed by atoms with E-state index in [-0.39, 0.29) is 0 Å². The van der Waals surface area contributed by atoms with Gasteiger partial charge in [0.1, 0.15) is 0 Å². The fourth-order valence-corrected chi connectivity index (χ4v) is 4.07. The number of anilines is 1. The molecule has 0 amide bonds. The Kier molecular flexibility index (Phi) is 4.25. The van der Waals surface area contributed by atoms with Gasteiger partial charge in [-0.05, 0) is 84.5 Å². The van der Waals surface area contributed by atoms with Crippen LogP contribution in [0.4, 0.5) is 5.69 Å². The lowest BCUT2D eigenvalue weighted by molar-refractivity contribution is 1.31. The minimum atomic E-state index is 0.914. The van der Waals surface area contributed by atoms with Crippen LogP contribution in [0.15, 0.2) is 66.7 Å². The van der Waals surface area contributed by atoms with Crippen molar-refractivity contribution in [2.24, 2.45) is 0 Å². The predicted molar refractivity (Wildman–Crippen MR) is 134 cm³/mol. The molecule has 3 N–H and O–H groups in total. The first-order chi connectivity index (χ1) is 15.7. The minimum absolute atomic E-state index is 0.914. The number of fused-ring (bicyclic) bond motifs is 8. The Morgan fingerprint density at radius 1 is 0.594 bits per heavy atom. The van der Waals surface area contributed by atoms with Crippen LogP contribution in [0.2, 0.25) is 0 Å². The molecule has 2 aliphatic heterocycles. The second-order valence-electron chi connectivity index (χ2n) is 7.92. The highest BCUT2D eigenvalue weighted by molar-refractivity contribution is 5.88. The van der Waals surface area contributed by atoms with Crippen molar-refractivity contribution in [3.05, 3.63) is 89.5 Å². The van der Waals surface area contributed by atoms with E-state index in [1.807, 2.05) is 37.4 Å². The van der Waals surface area contributed by atoms with Crippen LogP contribution in [-0.2, 0) is 0 Å². The van der Waals surface area contributed by atoms with Crippen molar-refractivity contribution >= 4 is 52.1 Å². The summed E-state index contributed by atoms with van der Waals surface area (Å²) in [5, 5.41) is 3.18. The van der Waals surface area contributed by atoms with E-state index in [9.17, 15) is 0 Å². The largest absolute Gasteiger partial charge is 0.388 e. The van der Waals surface area contributed by atoms with Crippen LogP contribution in [0.3, 0.4) is 0 Å². The normalized spacial score (nSPS) is 12.3. The summed E-state index contributed by atoms with van der Waals surface area (Å²) in [4.78, 5) is 16.5. The highest BCUT2D eigenvalue weighted by Gasteiger charge is 2.07. The molecule has 5 heteroatoms. The molecule has 0 saturated heterocycles. The van der Waals surface area contributed by atoms with E-state index in [4.69, 9.17) is 9.97 Å². The molecule has 0 fully saturated rings. The van der Waals surface area contributed by atoms with Crippen LogP contribution < -0.4 is 5.32 Å². The molecule has 0 aliphatic carbocycles. The zero-order chi connectivity index (χ0) is 21.5. The van der Waals surface area contributed by atoms with Crippen molar-refractivity contribution in [1.29, 1.82) is 0 Å². The van der Waals surface area contributed by atoms with Gasteiger partial charge in [0.15, 0.2) is 0 Å². The van der Waals surface area contributed by atoms with Gasteiger partial charge >= 0.3 is 0 Å². The van der Waals surface area contributed by atoms with Crippen LogP contribution in [0.5, 0.6) is 0 Å². The van der Waals surface area contributed by atoms with Crippen molar-refractivity contribution in [3.63, 3.8) is 0 Å². The lowest BCUT2D eigenvalue weighted by atomic mass is 10.1. The Balaban J connectivity index is 1.64. The third-order valence-electron chi connectivity index (χ3n) is 5.65. The third-order valence-corrected chi connectivity index (χ3v) is 5.65. The van der Waals surface area contributed by atoms with Crippen molar-refractivity contribution < 1.29 is 0 Å². The van der Waals surface area contributed by atoms with E-state index < -0.39 is 0 Å². The Hall–Kier alpha value is -4.38. The number of rotatable bonds is 2. The maximum Gasteiger partial charge on any atom is 0.0658 e. The van der Waals surface area contributed by atoms with Crippen molar-refractivity contribution in [3.8, 4) is 11.1 Å². The van der Waals surface area contributed by atoms with Gasteiger partial charge in [0.2, 0.25) is 0 Å². The fourth-order valence-electron chi connectivity index (χ4n) is 4.07. The van der Waals surface area contributed by atoms with Gasteiger partial charge in [-0.2, -0.15) is 0 Å². The zero-order valence-corrected chi connectivity index (χ0v) is 17.6. The van der Waals surface area contributed by atoms with Crippen LogP contribution in [0, 0.1) is 0 Å². The second-order valence-corrected chi connectivity index (χ2v) is 7.92. The van der Waals surface area contributed by atoms with Crippen LogP contribution in [0.1, 0.15) is 22.8 Å². The Bertz CT molecular complexity index is 1550. The van der Waals surface area contributed by atoms with Crippen molar-refractivity contribution in [1.82, 2.24) is 19.9 Å². The Morgan fingerprint density at radius 2 is 1.16 bits per heavy atom. The summed E-state index contributed by atoms with van der Waals surface area (Å²) in [7, 11) is 1.93. The Labute approximate surface area is 185 Å². The summed E-state index contributed by atoms with van der Waals surface area (Å²) in [6.45, 7) is 0. The number of aromatic nitrogens is 4. The summed E-state index contributed by atoms with van der Waals surface area (Å²) in [6.07, 6.45) is 8.15. The molecule has 0 unspecified atom stereocenters. The van der Waals surface area contributed by atoms with E-state index >= 15 is 0 Å². The van der Waals surface area contributed by atoms with Crippen LogP contribution in [0.25, 0.3) is 57.5 Å². The molecule has 1 aromatic carbocycles. The van der Waals surface area contributed by atoms with Gasteiger partial charge < -0.3 is 15.3 Å². The summed E-state index contributed by atoms with van der Waals surface area (Å²) >= 11 is 0. The number of nitrogens with zero attached hydrogens (tertiary/aromatic N) is 2. The lowest BCUT2D eigenvalue weighted by Gasteiger charge is -2.02. The minimum Gasteiger partial charge on any atom is -0.388 e. The van der Waals surface area contributed by atoms with Gasteiger partial charge in [-0.1, -0.05) is 12.1 Å². The van der Waals surface area contributed by atoms with Gasteiger partial charge in [0, 0.05) is 40.4 Å². The second kappa shape index (κ2) is 7.39. The zero-order valence-electron chi connectivity index (χ0n) is 17.6. The predicted octanol–water partition coefficient (Wildman–Crippen LogP) is 6.36. The van der Waals surface area contributed by atoms with Gasteiger partial charge in [-0.3, -0.25) is 0 Å². The summed E-state index contributed by atoms with van der Waals surface area (Å²) in [5.41, 5.74) is 11.1. The molecule has 5 nitrogen and oxygen atoms in total. The smallest absolute Gasteiger partial charge is 0.0658 e. The summed E-state index contributed by atoms with van der Waals surface area (Å²) in [5.74, 6) is 0. The molecule has 6 rings (SSSR count). The molecule has 0 radical (unpaired) electrons. The van der Waals surface area contributed by atoms with Gasteiger partial charge in [0.25, 0.3) is 0 Å².